The maximum absolute atomic E-state index is 11.8. The van der Waals surface area contributed by atoms with Gasteiger partial charge < -0.3 is 15.3 Å². The van der Waals surface area contributed by atoms with Crippen LogP contribution in [0.2, 0.25) is 10.0 Å². The van der Waals surface area contributed by atoms with E-state index in [0.29, 0.717) is 22.2 Å². The van der Waals surface area contributed by atoms with Crippen LogP contribution in [-0.2, 0) is 16.1 Å². The number of amidine groups is 1. The van der Waals surface area contributed by atoms with E-state index in [1.165, 1.54) is 6.07 Å². The zero-order valence-corrected chi connectivity index (χ0v) is 15.7. The maximum atomic E-state index is 11.8. The summed E-state index contributed by atoms with van der Waals surface area (Å²) >= 11 is 11.8. The van der Waals surface area contributed by atoms with E-state index in [4.69, 9.17) is 38.5 Å². The summed E-state index contributed by atoms with van der Waals surface area (Å²) in [6.07, 6.45) is 0.360. The number of fused-ring (bicyclic) bond motifs is 1. The van der Waals surface area contributed by atoms with Crippen molar-refractivity contribution in [1.29, 1.82) is 0 Å². The molecule has 0 bridgehead atoms. The molecule has 27 heavy (non-hydrogen) atoms. The van der Waals surface area contributed by atoms with Gasteiger partial charge >= 0.3 is 5.97 Å². The molecule has 0 saturated carbocycles. The molecule has 3 aromatic rings. The SMILES string of the molecule is N/C(Cc1cccc2ccccc12)=N/OC(=O)COc1ccc(Cl)cc1Cl. The van der Waals surface area contributed by atoms with E-state index >= 15 is 0 Å². The Morgan fingerprint density at radius 3 is 2.63 bits per heavy atom. The van der Waals surface area contributed by atoms with Crippen molar-refractivity contribution >= 4 is 45.8 Å². The van der Waals surface area contributed by atoms with Crippen molar-refractivity contribution in [1.82, 2.24) is 0 Å². The van der Waals surface area contributed by atoms with Crippen molar-refractivity contribution < 1.29 is 14.4 Å². The van der Waals surface area contributed by atoms with Gasteiger partial charge in [0.05, 0.1) is 5.02 Å². The number of nitrogens with zero attached hydrogens (tertiary/aromatic N) is 1. The number of hydrogen-bond donors (Lipinski definition) is 1. The fourth-order valence-corrected chi connectivity index (χ4v) is 3.00. The summed E-state index contributed by atoms with van der Waals surface area (Å²) in [5.41, 5.74) is 6.88. The highest BCUT2D eigenvalue weighted by atomic mass is 35.5. The predicted octanol–water partition coefficient (Wildman–Crippen LogP) is 4.58. The zero-order valence-electron chi connectivity index (χ0n) is 14.2. The number of halogens is 2. The average molecular weight is 403 g/mol. The van der Waals surface area contributed by atoms with Crippen molar-refractivity contribution in [2.75, 3.05) is 6.61 Å². The molecule has 0 saturated heterocycles. The number of carbonyl (C=O) groups excluding carboxylic acids is 1. The van der Waals surface area contributed by atoms with E-state index in [1.54, 1.807) is 12.1 Å². The Labute approximate surface area is 166 Å². The van der Waals surface area contributed by atoms with Crippen LogP contribution >= 0.6 is 23.2 Å². The highest BCUT2D eigenvalue weighted by Crippen LogP contribution is 2.27. The zero-order chi connectivity index (χ0) is 19.2. The molecule has 0 radical (unpaired) electrons. The summed E-state index contributed by atoms with van der Waals surface area (Å²) in [6, 6.07) is 18.6. The predicted molar refractivity (Wildman–Crippen MR) is 107 cm³/mol. The molecule has 5 nitrogen and oxygen atoms in total. The summed E-state index contributed by atoms with van der Waals surface area (Å²) in [6.45, 7) is -0.355. The van der Waals surface area contributed by atoms with Crippen molar-refractivity contribution in [3.05, 3.63) is 76.3 Å². The molecule has 0 fully saturated rings. The first-order chi connectivity index (χ1) is 13.0. The molecule has 0 amide bonds. The number of benzene rings is 3. The van der Waals surface area contributed by atoms with E-state index in [2.05, 4.69) is 5.16 Å². The largest absolute Gasteiger partial charge is 0.480 e. The standard InChI is InChI=1S/C20H16Cl2N2O3/c21-15-8-9-18(17(22)11-15)26-12-20(25)27-24-19(23)10-14-6-3-5-13-4-1-2-7-16(13)14/h1-9,11H,10,12H2,(H2,23,24). The van der Waals surface area contributed by atoms with Crippen molar-refractivity contribution in [3.63, 3.8) is 0 Å². The van der Waals surface area contributed by atoms with Crippen molar-refractivity contribution in [3.8, 4) is 5.75 Å². The van der Waals surface area contributed by atoms with Gasteiger partial charge in [-0.25, -0.2) is 4.79 Å². The fourth-order valence-electron chi connectivity index (χ4n) is 2.54. The Hall–Kier alpha value is -2.76. The van der Waals surface area contributed by atoms with Gasteiger partial charge in [-0.05, 0) is 34.5 Å². The van der Waals surface area contributed by atoms with Gasteiger partial charge in [0.2, 0.25) is 0 Å². The lowest BCUT2D eigenvalue weighted by molar-refractivity contribution is -0.146. The van der Waals surface area contributed by atoms with Crippen LogP contribution in [0.3, 0.4) is 0 Å². The van der Waals surface area contributed by atoms with Crippen LogP contribution in [0.5, 0.6) is 5.75 Å². The molecule has 0 aliphatic heterocycles. The topological polar surface area (TPSA) is 73.9 Å². The van der Waals surface area contributed by atoms with Crippen LogP contribution in [-0.4, -0.2) is 18.4 Å². The number of nitrogens with two attached hydrogens (primary N) is 1. The van der Waals surface area contributed by atoms with Crippen molar-refractivity contribution in [2.45, 2.75) is 6.42 Å². The highest BCUT2D eigenvalue weighted by molar-refractivity contribution is 6.35. The first-order valence-electron chi connectivity index (χ1n) is 8.09. The molecule has 0 aromatic heterocycles. The third kappa shape index (κ3) is 5.12. The Bertz CT molecular complexity index is 1000. The lowest BCUT2D eigenvalue weighted by Crippen LogP contribution is -2.19. The van der Waals surface area contributed by atoms with Crippen LogP contribution in [0, 0.1) is 0 Å². The molecule has 3 rings (SSSR count). The van der Waals surface area contributed by atoms with Crippen LogP contribution in [0.15, 0.2) is 65.8 Å². The Kier molecular flexibility index (Phi) is 6.16. The third-order valence-corrected chi connectivity index (χ3v) is 4.29. The van der Waals surface area contributed by atoms with Gasteiger partial charge in [0.1, 0.15) is 11.6 Å². The van der Waals surface area contributed by atoms with Gasteiger partial charge in [-0.3, -0.25) is 0 Å². The molecular weight excluding hydrogens is 387 g/mol. The van der Waals surface area contributed by atoms with Crippen LogP contribution in [0.25, 0.3) is 10.8 Å². The van der Waals surface area contributed by atoms with Gasteiger partial charge in [-0.1, -0.05) is 70.8 Å². The maximum Gasteiger partial charge on any atom is 0.372 e. The molecule has 2 N–H and O–H groups in total. The van der Waals surface area contributed by atoms with E-state index in [9.17, 15) is 4.79 Å². The minimum absolute atomic E-state index is 0.184. The Morgan fingerprint density at radius 2 is 1.81 bits per heavy atom. The smallest absolute Gasteiger partial charge is 0.372 e. The van der Waals surface area contributed by atoms with Gasteiger partial charge in [0, 0.05) is 11.4 Å². The normalized spacial score (nSPS) is 11.4. The molecule has 138 valence electrons. The molecular formula is C20H16Cl2N2O3. The van der Waals surface area contributed by atoms with E-state index in [-0.39, 0.29) is 12.4 Å². The average Bonchev–Trinajstić information content (AvgIpc) is 2.66. The second-order valence-electron chi connectivity index (χ2n) is 5.72. The lowest BCUT2D eigenvalue weighted by atomic mass is 10.0. The van der Waals surface area contributed by atoms with E-state index in [1.807, 2.05) is 42.5 Å². The number of hydrogen-bond acceptors (Lipinski definition) is 4. The molecule has 0 unspecified atom stereocenters. The van der Waals surface area contributed by atoms with Gasteiger partial charge in [-0.2, -0.15) is 0 Å². The van der Waals surface area contributed by atoms with Crippen molar-refractivity contribution in [2.24, 2.45) is 10.9 Å². The Balaban J connectivity index is 1.57. The fraction of sp³-hybridized carbons (Fsp3) is 0.100. The van der Waals surface area contributed by atoms with E-state index in [0.717, 1.165) is 16.3 Å². The number of ether oxygens (including phenoxy) is 1. The van der Waals surface area contributed by atoms with Crippen LogP contribution in [0.4, 0.5) is 0 Å². The quantitative estimate of drug-likeness (QED) is 0.283. The molecule has 0 spiro atoms. The van der Waals surface area contributed by atoms with Crippen LogP contribution < -0.4 is 10.5 Å². The molecule has 7 heteroatoms. The molecule has 0 atom stereocenters. The second-order valence-corrected chi connectivity index (χ2v) is 6.57. The monoisotopic (exact) mass is 402 g/mol. The first-order valence-corrected chi connectivity index (χ1v) is 8.85. The van der Waals surface area contributed by atoms with E-state index < -0.39 is 5.97 Å². The van der Waals surface area contributed by atoms with Crippen LogP contribution in [0.1, 0.15) is 5.56 Å². The number of rotatable bonds is 6. The lowest BCUT2D eigenvalue weighted by Gasteiger charge is -2.07. The highest BCUT2D eigenvalue weighted by Gasteiger charge is 2.09. The molecule has 0 heterocycles. The minimum atomic E-state index is -0.693. The van der Waals surface area contributed by atoms with Gasteiger partial charge in [0.25, 0.3) is 0 Å². The summed E-state index contributed by atoms with van der Waals surface area (Å²) in [4.78, 5) is 16.6. The summed E-state index contributed by atoms with van der Waals surface area (Å²) < 4.78 is 5.29. The first kappa shape index (κ1) is 19.0. The number of carbonyl (C=O) groups is 1. The third-order valence-electron chi connectivity index (χ3n) is 3.76. The summed E-state index contributed by atoms with van der Waals surface area (Å²) in [5.74, 6) is -0.183. The Morgan fingerprint density at radius 1 is 1.04 bits per heavy atom. The van der Waals surface area contributed by atoms with Gasteiger partial charge in [-0.15, -0.1) is 0 Å². The minimum Gasteiger partial charge on any atom is -0.480 e. The molecule has 0 aliphatic rings. The molecule has 3 aromatic carbocycles. The molecule has 0 aliphatic carbocycles. The number of oxime groups is 1. The second kappa shape index (κ2) is 8.75. The van der Waals surface area contributed by atoms with Gasteiger partial charge in [0.15, 0.2) is 6.61 Å². The summed E-state index contributed by atoms with van der Waals surface area (Å²) in [7, 11) is 0. The summed E-state index contributed by atoms with van der Waals surface area (Å²) in [5, 5.41) is 6.64.